The minimum Gasteiger partial charge on any atom is -0.391 e. The van der Waals surface area contributed by atoms with E-state index in [4.69, 9.17) is 11.6 Å². The second-order valence-electron chi connectivity index (χ2n) is 8.40. The van der Waals surface area contributed by atoms with Gasteiger partial charge in [-0.15, -0.1) is 0 Å². The monoisotopic (exact) mass is 479 g/mol. The number of carbonyl (C=O) groups excluding carboxylic acids is 2. The van der Waals surface area contributed by atoms with E-state index in [0.717, 1.165) is 10.8 Å². The Hall–Kier alpha value is -2.20. The van der Waals surface area contributed by atoms with Crippen molar-refractivity contribution in [1.29, 1.82) is 0 Å². The van der Waals surface area contributed by atoms with Gasteiger partial charge in [0.05, 0.1) is 11.0 Å². The van der Waals surface area contributed by atoms with Gasteiger partial charge in [0.1, 0.15) is 12.1 Å². The molecule has 2 fully saturated rings. The standard InChI is InChI=1S/C22H26ClN3O5S/c1-14(21(28)25-9-2-3-18(27)13-25)26-10-8-20(22(26)29)24-32(30,31)19-7-5-15-11-17(23)6-4-16(15)12-19/h4-7,11-12,14,18,20,24,27H,2-3,8-10,13H2,1H3/t14-,18?,20-/m0/s1. The maximum atomic E-state index is 12.9. The number of sulfonamides is 1. The summed E-state index contributed by atoms with van der Waals surface area (Å²) in [4.78, 5) is 28.8. The average molecular weight is 480 g/mol. The number of benzene rings is 2. The molecular weight excluding hydrogens is 454 g/mol. The van der Waals surface area contributed by atoms with Crippen molar-refractivity contribution in [2.75, 3.05) is 19.6 Å². The lowest BCUT2D eigenvalue weighted by molar-refractivity contribution is -0.145. The molecule has 0 bridgehead atoms. The van der Waals surface area contributed by atoms with Crippen LogP contribution in [-0.4, -0.2) is 73.0 Å². The third kappa shape index (κ3) is 4.61. The summed E-state index contributed by atoms with van der Waals surface area (Å²) in [5.41, 5.74) is 0. The molecule has 2 amide bonds. The Bertz CT molecular complexity index is 1160. The minimum atomic E-state index is -3.93. The zero-order chi connectivity index (χ0) is 23.0. The number of amides is 2. The lowest BCUT2D eigenvalue weighted by atomic mass is 10.1. The van der Waals surface area contributed by atoms with Crippen LogP contribution in [0.25, 0.3) is 10.8 Å². The molecule has 2 N–H and O–H groups in total. The van der Waals surface area contributed by atoms with Crippen LogP contribution in [0.2, 0.25) is 5.02 Å². The quantitative estimate of drug-likeness (QED) is 0.679. The summed E-state index contributed by atoms with van der Waals surface area (Å²) >= 11 is 5.98. The summed E-state index contributed by atoms with van der Waals surface area (Å²) in [5, 5.41) is 11.9. The topological polar surface area (TPSA) is 107 Å². The molecule has 10 heteroatoms. The fourth-order valence-corrected chi connectivity index (χ4v) is 5.80. The lowest BCUT2D eigenvalue weighted by Crippen LogP contribution is -2.52. The molecule has 2 aliphatic heterocycles. The number of nitrogens with zero attached hydrogens (tertiary/aromatic N) is 2. The van der Waals surface area contributed by atoms with E-state index in [-0.39, 0.29) is 30.3 Å². The van der Waals surface area contributed by atoms with Gasteiger partial charge in [0.15, 0.2) is 0 Å². The Morgan fingerprint density at radius 1 is 1.16 bits per heavy atom. The Morgan fingerprint density at radius 2 is 1.88 bits per heavy atom. The summed E-state index contributed by atoms with van der Waals surface area (Å²) in [6.07, 6.45) is 1.11. The molecule has 3 atom stereocenters. The number of aliphatic hydroxyl groups excluding tert-OH is 1. The summed E-state index contributed by atoms with van der Waals surface area (Å²) in [7, 11) is -3.93. The van der Waals surface area contributed by atoms with Crippen molar-refractivity contribution < 1.29 is 23.1 Å². The van der Waals surface area contributed by atoms with Crippen molar-refractivity contribution in [2.24, 2.45) is 0 Å². The van der Waals surface area contributed by atoms with Crippen molar-refractivity contribution in [2.45, 2.75) is 49.3 Å². The van der Waals surface area contributed by atoms with Gasteiger partial charge in [-0.3, -0.25) is 9.59 Å². The number of hydrogen-bond acceptors (Lipinski definition) is 5. The number of aliphatic hydroxyl groups is 1. The normalized spacial score (nSPS) is 23.0. The number of β-amino-alcohol motifs (C(OH)–C–C–N with tert-alkyl or cyclic N) is 1. The number of nitrogens with one attached hydrogen (secondary N) is 1. The molecule has 0 aromatic heterocycles. The molecule has 2 aromatic rings. The lowest BCUT2D eigenvalue weighted by Gasteiger charge is -2.34. The highest BCUT2D eigenvalue weighted by Gasteiger charge is 2.40. The highest BCUT2D eigenvalue weighted by Crippen LogP contribution is 2.24. The van der Waals surface area contributed by atoms with Gasteiger partial charge in [-0.1, -0.05) is 23.7 Å². The largest absolute Gasteiger partial charge is 0.391 e. The molecule has 2 heterocycles. The van der Waals surface area contributed by atoms with Gasteiger partial charge in [-0.2, -0.15) is 4.72 Å². The van der Waals surface area contributed by atoms with Gasteiger partial charge >= 0.3 is 0 Å². The fraction of sp³-hybridized carbons (Fsp3) is 0.455. The van der Waals surface area contributed by atoms with E-state index in [1.54, 1.807) is 42.2 Å². The van der Waals surface area contributed by atoms with Gasteiger partial charge < -0.3 is 14.9 Å². The second-order valence-corrected chi connectivity index (χ2v) is 10.6. The number of piperidine rings is 1. The minimum absolute atomic E-state index is 0.0602. The zero-order valence-electron chi connectivity index (χ0n) is 17.7. The van der Waals surface area contributed by atoms with Crippen LogP contribution in [0.15, 0.2) is 41.3 Å². The number of fused-ring (bicyclic) bond motifs is 1. The van der Waals surface area contributed by atoms with Crippen molar-refractivity contribution in [3.05, 3.63) is 41.4 Å². The van der Waals surface area contributed by atoms with E-state index in [1.165, 1.54) is 11.0 Å². The fourth-order valence-electron chi connectivity index (χ4n) is 4.37. The van der Waals surface area contributed by atoms with Crippen molar-refractivity contribution in [3.8, 4) is 0 Å². The van der Waals surface area contributed by atoms with Gasteiger partial charge in [-0.25, -0.2) is 8.42 Å². The van der Waals surface area contributed by atoms with Crippen LogP contribution >= 0.6 is 11.6 Å². The molecule has 2 saturated heterocycles. The van der Waals surface area contributed by atoms with E-state index < -0.39 is 34.1 Å². The Morgan fingerprint density at radius 3 is 2.62 bits per heavy atom. The van der Waals surface area contributed by atoms with Crippen LogP contribution < -0.4 is 4.72 Å². The van der Waals surface area contributed by atoms with Gasteiger partial charge in [0.25, 0.3) is 0 Å². The second kappa shape index (κ2) is 8.97. The average Bonchev–Trinajstić information content (AvgIpc) is 3.11. The maximum Gasteiger partial charge on any atom is 0.245 e. The van der Waals surface area contributed by atoms with E-state index >= 15 is 0 Å². The van der Waals surface area contributed by atoms with E-state index in [2.05, 4.69) is 4.72 Å². The summed E-state index contributed by atoms with van der Waals surface area (Å²) in [5.74, 6) is -0.645. The molecule has 2 aliphatic rings. The molecule has 4 rings (SSSR count). The third-order valence-corrected chi connectivity index (χ3v) is 7.86. The van der Waals surface area contributed by atoms with Gasteiger partial charge in [-0.05, 0) is 61.2 Å². The highest BCUT2D eigenvalue weighted by molar-refractivity contribution is 7.89. The number of halogens is 1. The Labute approximate surface area is 192 Å². The molecule has 1 unspecified atom stereocenters. The molecule has 2 aromatic carbocycles. The first-order valence-corrected chi connectivity index (χ1v) is 12.5. The zero-order valence-corrected chi connectivity index (χ0v) is 19.3. The first-order chi connectivity index (χ1) is 15.2. The van der Waals surface area contributed by atoms with Gasteiger partial charge in [0.2, 0.25) is 21.8 Å². The van der Waals surface area contributed by atoms with Crippen LogP contribution in [-0.2, 0) is 19.6 Å². The predicted molar refractivity (Wildman–Crippen MR) is 121 cm³/mol. The predicted octanol–water partition coefficient (Wildman–Crippen LogP) is 1.74. The SMILES string of the molecule is C[C@@H](C(=O)N1CCCC(O)C1)N1CC[C@H](NS(=O)(=O)c2ccc3cc(Cl)ccc3c2)C1=O. The summed E-state index contributed by atoms with van der Waals surface area (Å²) < 4.78 is 28.4. The number of rotatable bonds is 5. The first-order valence-electron chi connectivity index (χ1n) is 10.6. The van der Waals surface area contributed by atoms with Crippen LogP contribution in [0.4, 0.5) is 0 Å². The molecule has 0 radical (unpaired) electrons. The first kappa shape index (κ1) is 23.0. The van der Waals surface area contributed by atoms with Crippen LogP contribution in [0, 0.1) is 0 Å². The van der Waals surface area contributed by atoms with Gasteiger partial charge in [0, 0.05) is 24.7 Å². The highest BCUT2D eigenvalue weighted by atomic mass is 35.5. The van der Waals surface area contributed by atoms with Crippen LogP contribution in [0.3, 0.4) is 0 Å². The van der Waals surface area contributed by atoms with Crippen molar-refractivity contribution >= 4 is 44.2 Å². The molecular formula is C22H26ClN3O5S. The summed E-state index contributed by atoms with van der Waals surface area (Å²) in [6.45, 7) is 2.73. The molecule has 172 valence electrons. The van der Waals surface area contributed by atoms with E-state index in [0.29, 0.717) is 24.4 Å². The smallest absolute Gasteiger partial charge is 0.245 e. The number of hydrogen-bond donors (Lipinski definition) is 2. The van der Waals surface area contributed by atoms with Crippen LogP contribution in [0.1, 0.15) is 26.2 Å². The summed E-state index contributed by atoms with van der Waals surface area (Å²) in [6, 6.07) is 8.22. The van der Waals surface area contributed by atoms with Crippen LogP contribution in [0.5, 0.6) is 0 Å². The van der Waals surface area contributed by atoms with E-state index in [1.807, 2.05) is 0 Å². The number of likely N-dealkylation sites (tertiary alicyclic amines) is 2. The Balaban J connectivity index is 1.45. The van der Waals surface area contributed by atoms with Crippen molar-refractivity contribution in [1.82, 2.24) is 14.5 Å². The van der Waals surface area contributed by atoms with Crippen molar-refractivity contribution in [3.63, 3.8) is 0 Å². The Kier molecular flexibility index (Phi) is 6.44. The molecule has 0 spiro atoms. The third-order valence-electron chi connectivity index (χ3n) is 6.15. The molecule has 32 heavy (non-hydrogen) atoms. The maximum absolute atomic E-state index is 12.9. The molecule has 0 saturated carbocycles. The van der Waals surface area contributed by atoms with E-state index in [9.17, 15) is 23.1 Å². The molecule has 8 nitrogen and oxygen atoms in total. The number of carbonyl (C=O) groups is 2. The molecule has 0 aliphatic carbocycles.